The molecule has 172 valence electrons. The maximum absolute atomic E-state index is 12.5. The van der Waals surface area contributed by atoms with Gasteiger partial charge in [0.05, 0.1) is 30.6 Å². The van der Waals surface area contributed by atoms with Crippen molar-refractivity contribution in [2.24, 2.45) is 0 Å². The minimum Gasteiger partial charge on any atom is -0.462 e. The number of esters is 1. The third-order valence-corrected chi connectivity index (χ3v) is 5.45. The Labute approximate surface area is 199 Å². The van der Waals surface area contributed by atoms with Crippen molar-refractivity contribution in [2.75, 3.05) is 11.9 Å². The smallest absolute Gasteiger partial charge is 0.340 e. The third-order valence-electron chi connectivity index (χ3n) is 5.45. The van der Waals surface area contributed by atoms with Gasteiger partial charge in [-0.25, -0.2) is 4.79 Å². The largest absolute Gasteiger partial charge is 0.462 e. The molecule has 1 aromatic heterocycles. The fraction of sp³-hybridized carbons (Fsp3) is 0.179. The number of ether oxygens (including phenoxy) is 1. The summed E-state index contributed by atoms with van der Waals surface area (Å²) in [6.07, 6.45) is 4.81. The van der Waals surface area contributed by atoms with Crippen LogP contribution in [0.15, 0.2) is 91.3 Å². The molecule has 6 nitrogen and oxygen atoms in total. The Kier molecular flexibility index (Phi) is 7.50. The minimum absolute atomic E-state index is 0.150. The Morgan fingerprint density at radius 3 is 2.38 bits per heavy atom. The Morgan fingerprint density at radius 1 is 0.882 bits per heavy atom. The number of para-hydroxylation sites is 1. The highest BCUT2D eigenvalue weighted by Gasteiger charge is 2.14. The molecule has 4 aromatic rings. The van der Waals surface area contributed by atoms with Gasteiger partial charge in [-0.3, -0.25) is 9.48 Å². The predicted molar refractivity (Wildman–Crippen MR) is 133 cm³/mol. The van der Waals surface area contributed by atoms with Crippen molar-refractivity contribution >= 4 is 17.6 Å². The van der Waals surface area contributed by atoms with Gasteiger partial charge in [-0.2, -0.15) is 5.10 Å². The number of hydrogen-bond donors (Lipinski definition) is 1. The van der Waals surface area contributed by atoms with E-state index in [-0.39, 0.29) is 12.5 Å². The molecule has 0 atom stereocenters. The molecule has 1 heterocycles. The van der Waals surface area contributed by atoms with E-state index in [1.165, 1.54) is 5.56 Å². The van der Waals surface area contributed by atoms with Crippen molar-refractivity contribution < 1.29 is 14.3 Å². The van der Waals surface area contributed by atoms with Gasteiger partial charge in [-0.1, -0.05) is 66.7 Å². The van der Waals surface area contributed by atoms with Crippen molar-refractivity contribution in [3.05, 3.63) is 108 Å². The molecule has 0 bridgehead atoms. The Bertz CT molecular complexity index is 1250. The molecule has 1 amide bonds. The Morgan fingerprint density at radius 2 is 1.62 bits per heavy atom. The lowest BCUT2D eigenvalue weighted by Crippen LogP contribution is -2.16. The molecular weight excluding hydrogens is 426 g/mol. The van der Waals surface area contributed by atoms with E-state index in [1.54, 1.807) is 31.2 Å². The van der Waals surface area contributed by atoms with Crippen LogP contribution in [0.3, 0.4) is 0 Å². The van der Waals surface area contributed by atoms with Gasteiger partial charge < -0.3 is 10.1 Å². The molecule has 0 radical (unpaired) electrons. The van der Waals surface area contributed by atoms with Crippen LogP contribution in [-0.2, 0) is 22.5 Å². The summed E-state index contributed by atoms with van der Waals surface area (Å²) in [4.78, 5) is 24.6. The number of carbonyl (C=O) groups is 2. The number of hydrogen-bond acceptors (Lipinski definition) is 4. The number of nitrogens with zero attached hydrogens (tertiary/aromatic N) is 2. The van der Waals surface area contributed by atoms with Crippen LogP contribution in [-0.4, -0.2) is 28.3 Å². The van der Waals surface area contributed by atoms with E-state index in [0.29, 0.717) is 24.1 Å². The lowest BCUT2D eigenvalue weighted by atomic mass is 10.0. The standard InChI is InChI=1S/C28H27N3O3/c1-2-34-28(33)25-10-6-7-11-26(25)30-27(32)17-14-21-12-15-23(16-13-21)24-18-29-31(20-24)19-22-8-4-3-5-9-22/h3-13,15-16,18,20H,2,14,17,19H2,1H3,(H,30,32). The molecule has 0 aliphatic carbocycles. The summed E-state index contributed by atoms with van der Waals surface area (Å²) >= 11 is 0. The maximum atomic E-state index is 12.5. The van der Waals surface area contributed by atoms with Crippen molar-refractivity contribution in [1.82, 2.24) is 9.78 Å². The SMILES string of the molecule is CCOC(=O)c1ccccc1NC(=O)CCc1ccc(-c2cnn(Cc3ccccc3)c2)cc1. The molecule has 0 saturated carbocycles. The first-order valence-electron chi connectivity index (χ1n) is 11.3. The van der Waals surface area contributed by atoms with Gasteiger partial charge in [0, 0.05) is 18.2 Å². The molecule has 1 N–H and O–H groups in total. The second-order valence-corrected chi connectivity index (χ2v) is 7.92. The quantitative estimate of drug-likeness (QED) is 0.347. The maximum Gasteiger partial charge on any atom is 0.340 e. The average Bonchev–Trinajstić information content (AvgIpc) is 3.32. The van der Waals surface area contributed by atoms with Gasteiger partial charge in [0.2, 0.25) is 5.91 Å². The molecule has 0 fully saturated rings. The van der Waals surface area contributed by atoms with Crippen LogP contribution in [0.25, 0.3) is 11.1 Å². The molecule has 34 heavy (non-hydrogen) atoms. The van der Waals surface area contributed by atoms with Crippen LogP contribution < -0.4 is 5.32 Å². The second kappa shape index (κ2) is 11.1. The normalized spacial score (nSPS) is 10.6. The molecule has 0 aliphatic heterocycles. The van der Waals surface area contributed by atoms with E-state index in [0.717, 1.165) is 23.2 Å². The summed E-state index contributed by atoms with van der Waals surface area (Å²) < 4.78 is 6.99. The number of carbonyl (C=O) groups excluding carboxylic acids is 2. The fourth-order valence-corrected chi connectivity index (χ4v) is 3.68. The second-order valence-electron chi connectivity index (χ2n) is 7.92. The van der Waals surface area contributed by atoms with Gasteiger partial charge in [0.25, 0.3) is 0 Å². The van der Waals surface area contributed by atoms with Gasteiger partial charge in [0.1, 0.15) is 0 Å². The van der Waals surface area contributed by atoms with Crippen LogP contribution in [0.4, 0.5) is 5.69 Å². The topological polar surface area (TPSA) is 73.2 Å². The number of nitrogens with one attached hydrogen (secondary N) is 1. The van der Waals surface area contributed by atoms with Gasteiger partial charge in [0.15, 0.2) is 0 Å². The van der Waals surface area contributed by atoms with E-state index in [4.69, 9.17) is 4.74 Å². The summed E-state index contributed by atoms with van der Waals surface area (Å²) in [6.45, 7) is 2.76. The van der Waals surface area contributed by atoms with Gasteiger partial charge in [-0.05, 0) is 42.2 Å². The number of anilines is 1. The van der Waals surface area contributed by atoms with Crippen LogP contribution in [0.2, 0.25) is 0 Å². The van der Waals surface area contributed by atoms with E-state index in [1.807, 2.05) is 59.5 Å². The zero-order valence-corrected chi connectivity index (χ0v) is 19.1. The third kappa shape index (κ3) is 5.98. The zero-order chi connectivity index (χ0) is 23.8. The van der Waals surface area contributed by atoms with E-state index in [2.05, 4.69) is 22.5 Å². The molecular formula is C28H27N3O3. The van der Waals surface area contributed by atoms with Crippen LogP contribution in [0, 0.1) is 0 Å². The van der Waals surface area contributed by atoms with Crippen molar-refractivity contribution in [3.63, 3.8) is 0 Å². The minimum atomic E-state index is -0.443. The van der Waals surface area contributed by atoms with Crippen LogP contribution in [0.5, 0.6) is 0 Å². The van der Waals surface area contributed by atoms with Crippen LogP contribution >= 0.6 is 0 Å². The number of amides is 1. The van der Waals surface area contributed by atoms with Gasteiger partial charge >= 0.3 is 5.97 Å². The number of benzene rings is 3. The summed E-state index contributed by atoms with van der Waals surface area (Å²) in [6, 6.07) is 25.3. The number of rotatable bonds is 9. The highest BCUT2D eigenvalue weighted by Crippen LogP contribution is 2.21. The lowest BCUT2D eigenvalue weighted by Gasteiger charge is -2.10. The summed E-state index contributed by atoms with van der Waals surface area (Å²) in [7, 11) is 0. The lowest BCUT2D eigenvalue weighted by molar-refractivity contribution is -0.116. The molecule has 3 aromatic carbocycles. The van der Waals surface area contributed by atoms with Crippen LogP contribution in [0.1, 0.15) is 34.8 Å². The van der Waals surface area contributed by atoms with E-state index in [9.17, 15) is 9.59 Å². The molecule has 0 aliphatic rings. The van der Waals surface area contributed by atoms with E-state index < -0.39 is 5.97 Å². The molecule has 0 saturated heterocycles. The van der Waals surface area contributed by atoms with E-state index >= 15 is 0 Å². The molecule has 4 rings (SSSR count). The summed E-state index contributed by atoms with van der Waals surface area (Å²) in [5.74, 6) is -0.593. The van der Waals surface area contributed by atoms with Crippen molar-refractivity contribution in [3.8, 4) is 11.1 Å². The zero-order valence-electron chi connectivity index (χ0n) is 19.1. The predicted octanol–water partition coefficient (Wildman–Crippen LogP) is 5.35. The fourth-order valence-electron chi connectivity index (χ4n) is 3.68. The molecule has 6 heteroatoms. The van der Waals surface area contributed by atoms with Gasteiger partial charge in [-0.15, -0.1) is 0 Å². The Hall–Kier alpha value is -4.19. The van der Waals surface area contributed by atoms with Crippen molar-refractivity contribution in [1.29, 1.82) is 0 Å². The number of aromatic nitrogens is 2. The van der Waals surface area contributed by atoms with Crippen molar-refractivity contribution in [2.45, 2.75) is 26.3 Å². The monoisotopic (exact) mass is 453 g/mol. The highest BCUT2D eigenvalue weighted by atomic mass is 16.5. The average molecular weight is 454 g/mol. The molecule has 0 unspecified atom stereocenters. The first kappa shape index (κ1) is 23.0. The summed E-state index contributed by atoms with van der Waals surface area (Å²) in [5.41, 5.74) is 5.22. The first-order valence-corrected chi connectivity index (χ1v) is 11.3. The number of aryl methyl sites for hydroxylation is 1. The first-order chi connectivity index (χ1) is 16.6. The summed E-state index contributed by atoms with van der Waals surface area (Å²) in [5, 5.41) is 7.30. The highest BCUT2D eigenvalue weighted by molar-refractivity contribution is 6.01. The Balaban J connectivity index is 1.32. The molecule has 0 spiro atoms.